The van der Waals surface area contributed by atoms with Crippen molar-refractivity contribution in [2.75, 3.05) is 4.90 Å². The molecule has 0 bridgehead atoms. The number of rotatable bonds is 3. The van der Waals surface area contributed by atoms with E-state index >= 15 is 0 Å². The molecule has 0 radical (unpaired) electrons. The smallest absolute Gasteiger partial charge is 0.232 e. The topological polar surface area (TPSA) is 37.4 Å². The lowest BCUT2D eigenvalue weighted by Crippen LogP contribution is -2.43. The summed E-state index contributed by atoms with van der Waals surface area (Å²) in [6, 6.07) is 14.7. The third-order valence-corrected chi connectivity index (χ3v) is 6.61. The van der Waals surface area contributed by atoms with Crippen molar-refractivity contribution in [1.29, 1.82) is 0 Å². The minimum Gasteiger partial charge on any atom is -0.294 e. The highest BCUT2D eigenvalue weighted by Crippen LogP contribution is 2.48. The van der Waals surface area contributed by atoms with Crippen molar-refractivity contribution >= 4 is 17.4 Å². The summed E-state index contributed by atoms with van der Waals surface area (Å²) in [5, 5.41) is 0. The van der Waals surface area contributed by atoms with Gasteiger partial charge in [0.1, 0.15) is 0 Å². The van der Waals surface area contributed by atoms with E-state index in [0.717, 1.165) is 40.1 Å². The van der Waals surface area contributed by atoms with E-state index in [0.29, 0.717) is 18.8 Å². The minimum absolute atomic E-state index is 0.0761. The van der Waals surface area contributed by atoms with E-state index in [1.807, 2.05) is 4.90 Å². The van der Waals surface area contributed by atoms with Crippen molar-refractivity contribution in [3.63, 3.8) is 0 Å². The maximum Gasteiger partial charge on any atom is 0.232 e. The molecule has 1 aliphatic carbocycles. The van der Waals surface area contributed by atoms with E-state index in [1.165, 1.54) is 5.56 Å². The fraction of sp³-hybridized carbons (Fsp3) is 0.429. The lowest BCUT2D eigenvalue weighted by Gasteiger charge is -2.43. The quantitative estimate of drug-likeness (QED) is 0.567. The van der Waals surface area contributed by atoms with Crippen LogP contribution >= 0.6 is 0 Å². The van der Waals surface area contributed by atoms with Gasteiger partial charge in [-0.15, -0.1) is 0 Å². The van der Waals surface area contributed by atoms with Crippen molar-refractivity contribution < 1.29 is 9.59 Å². The zero-order valence-electron chi connectivity index (χ0n) is 19.6. The second-order valence-electron chi connectivity index (χ2n) is 10.5. The normalized spacial score (nSPS) is 21.0. The van der Waals surface area contributed by atoms with Gasteiger partial charge in [-0.05, 0) is 66.0 Å². The van der Waals surface area contributed by atoms with Crippen molar-refractivity contribution in [3.8, 4) is 0 Å². The summed E-state index contributed by atoms with van der Waals surface area (Å²) in [4.78, 5) is 28.8. The Labute approximate surface area is 186 Å². The summed E-state index contributed by atoms with van der Waals surface area (Å²) < 4.78 is 0. The maximum atomic E-state index is 13.5. The molecule has 1 aliphatic heterocycles. The Morgan fingerprint density at radius 3 is 2.13 bits per heavy atom. The van der Waals surface area contributed by atoms with Crippen LogP contribution in [0.2, 0.25) is 0 Å². The molecule has 2 aromatic carbocycles. The highest BCUT2D eigenvalue weighted by atomic mass is 16.2. The molecule has 0 aromatic heterocycles. The van der Waals surface area contributed by atoms with E-state index < -0.39 is 0 Å². The highest BCUT2D eigenvalue weighted by molar-refractivity contribution is 6.07. The first-order valence-corrected chi connectivity index (χ1v) is 11.3. The third kappa shape index (κ3) is 4.11. The number of nitrogens with zero attached hydrogens (tertiary/aromatic N) is 1. The van der Waals surface area contributed by atoms with Crippen LogP contribution < -0.4 is 4.90 Å². The lowest BCUT2D eigenvalue weighted by atomic mass is 9.69. The van der Waals surface area contributed by atoms with Crippen LogP contribution in [0.4, 0.5) is 5.69 Å². The van der Waals surface area contributed by atoms with Crippen molar-refractivity contribution in [3.05, 3.63) is 76.0 Å². The molecule has 162 valence electrons. The Morgan fingerprint density at radius 1 is 0.935 bits per heavy atom. The van der Waals surface area contributed by atoms with Gasteiger partial charge in [-0.3, -0.25) is 14.5 Å². The van der Waals surface area contributed by atoms with Gasteiger partial charge < -0.3 is 0 Å². The summed E-state index contributed by atoms with van der Waals surface area (Å²) in [6.07, 6.45) is 1.59. The second-order valence-corrected chi connectivity index (χ2v) is 10.5. The summed E-state index contributed by atoms with van der Waals surface area (Å²) in [6.45, 7) is 12.7. The molecule has 2 aliphatic rings. The largest absolute Gasteiger partial charge is 0.294 e. The molecule has 2 aromatic rings. The van der Waals surface area contributed by atoms with E-state index in [4.69, 9.17) is 0 Å². The van der Waals surface area contributed by atoms with Crippen LogP contribution in [0.3, 0.4) is 0 Å². The number of hydrogen-bond acceptors (Lipinski definition) is 2. The van der Waals surface area contributed by atoms with Crippen LogP contribution in [-0.4, -0.2) is 11.7 Å². The SMILES string of the molecule is Cc1cc(C)cc(N2C(=O)CC(c3ccc(C(C)C)cc3)C3=C2CC(C)(C)CC3=O)c1. The number of hydrogen-bond donors (Lipinski definition) is 0. The monoisotopic (exact) mass is 415 g/mol. The van der Waals surface area contributed by atoms with Crippen LogP contribution in [0.1, 0.15) is 81.0 Å². The molecule has 1 amide bonds. The number of allylic oxidation sites excluding steroid dienone is 2. The van der Waals surface area contributed by atoms with Crippen molar-refractivity contribution in [1.82, 2.24) is 0 Å². The Kier molecular flexibility index (Phi) is 5.41. The minimum atomic E-state index is -0.158. The molecular formula is C28H33NO2. The lowest BCUT2D eigenvalue weighted by molar-refractivity contribution is -0.121. The second kappa shape index (κ2) is 7.78. The Hall–Kier alpha value is -2.68. The number of aryl methyl sites for hydroxylation is 2. The molecule has 1 atom stereocenters. The van der Waals surface area contributed by atoms with Gasteiger partial charge in [0.05, 0.1) is 0 Å². The molecule has 0 saturated heterocycles. The van der Waals surface area contributed by atoms with Crippen molar-refractivity contribution in [2.24, 2.45) is 5.41 Å². The number of ketones is 1. The van der Waals surface area contributed by atoms with E-state index in [9.17, 15) is 9.59 Å². The molecular weight excluding hydrogens is 382 g/mol. The molecule has 3 nitrogen and oxygen atoms in total. The summed E-state index contributed by atoms with van der Waals surface area (Å²) in [7, 11) is 0. The Balaban J connectivity index is 1.87. The third-order valence-electron chi connectivity index (χ3n) is 6.61. The first kappa shape index (κ1) is 21.5. The van der Waals surface area contributed by atoms with E-state index in [-0.39, 0.29) is 23.0 Å². The zero-order chi connectivity index (χ0) is 22.5. The molecule has 1 heterocycles. The van der Waals surface area contributed by atoms with Crippen LogP contribution in [-0.2, 0) is 9.59 Å². The fourth-order valence-corrected chi connectivity index (χ4v) is 5.19. The molecule has 0 saturated carbocycles. The molecule has 3 heteroatoms. The highest BCUT2D eigenvalue weighted by Gasteiger charge is 2.44. The van der Waals surface area contributed by atoms with Crippen LogP contribution in [0.5, 0.6) is 0 Å². The van der Waals surface area contributed by atoms with Gasteiger partial charge >= 0.3 is 0 Å². The number of Topliss-reactive ketones (excluding diaryl/α,β-unsaturated/α-hetero) is 1. The fourth-order valence-electron chi connectivity index (χ4n) is 5.19. The van der Waals surface area contributed by atoms with Gasteiger partial charge in [0.25, 0.3) is 0 Å². The number of carbonyl (C=O) groups is 2. The predicted molar refractivity (Wildman–Crippen MR) is 126 cm³/mol. The molecule has 0 N–H and O–H groups in total. The van der Waals surface area contributed by atoms with Gasteiger partial charge in [0.15, 0.2) is 5.78 Å². The van der Waals surface area contributed by atoms with Gasteiger partial charge in [-0.2, -0.15) is 0 Å². The number of amides is 1. The molecule has 0 fully saturated rings. The predicted octanol–water partition coefficient (Wildman–Crippen LogP) is 6.59. The summed E-state index contributed by atoms with van der Waals surface area (Å²) >= 11 is 0. The summed E-state index contributed by atoms with van der Waals surface area (Å²) in [5.74, 6) is 0.557. The van der Waals surface area contributed by atoms with Gasteiger partial charge in [0.2, 0.25) is 5.91 Å². The van der Waals surface area contributed by atoms with Gasteiger partial charge in [0, 0.05) is 35.7 Å². The number of carbonyl (C=O) groups excluding carboxylic acids is 2. The average molecular weight is 416 g/mol. The maximum absolute atomic E-state index is 13.5. The average Bonchev–Trinajstić information content (AvgIpc) is 2.65. The Bertz CT molecular complexity index is 1050. The molecule has 31 heavy (non-hydrogen) atoms. The van der Waals surface area contributed by atoms with Crippen LogP contribution in [0.25, 0.3) is 0 Å². The first-order valence-electron chi connectivity index (χ1n) is 11.3. The number of benzene rings is 2. The zero-order valence-corrected chi connectivity index (χ0v) is 19.6. The molecule has 4 rings (SSSR count). The van der Waals surface area contributed by atoms with E-state index in [1.54, 1.807) is 0 Å². The molecule has 1 unspecified atom stereocenters. The number of anilines is 1. The van der Waals surface area contributed by atoms with Crippen molar-refractivity contribution in [2.45, 2.75) is 72.6 Å². The standard InChI is InChI=1S/C28H33NO2/c1-17(2)20-7-9-21(10-8-20)23-14-26(31)29(22-12-18(3)11-19(4)13-22)24-15-28(5,6)16-25(30)27(23)24/h7-13,17,23H,14-16H2,1-6H3. The van der Waals surface area contributed by atoms with E-state index in [2.05, 4.69) is 84.0 Å². The van der Waals surface area contributed by atoms with Crippen LogP contribution in [0.15, 0.2) is 53.7 Å². The summed E-state index contributed by atoms with van der Waals surface area (Å²) in [5.41, 5.74) is 7.06. The Morgan fingerprint density at radius 2 is 1.55 bits per heavy atom. The van der Waals surface area contributed by atoms with Gasteiger partial charge in [-0.25, -0.2) is 0 Å². The molecule has 0 spiro atoms. The van der Waals surface area contributed by atoms with Crippen LogP contribution in [0, 0.1) is 19.3 Å². The van der Waals surface area contributed by atoms with Gasteiger partial charge in [-0.1, -0.05) is 58.0 Å². The first-order chi connectivity index (χ1) is 14.6.